The Morgan fingerprint density at radius 3 is 2.42 bits per heavy atom. The van der Waals surface area contributed by atoms with E-state index < -0.39 is 5.54 Å². The molecular weight excluding hydrogens is 240 g/mol. The molecule has 0 heterocycles. The standard InChI is InChI=1S/C15H32N2O2/c1-7-9-11-17(6)12-10-15(5,16-13(3)4)14(18)19-8-2/h13,16H,7-12H2,1-6H3. The summed E-state index contributed by atoms with van der Waals surface area (Å²) in [6, 6.07) is 0.260. The number of hydrogen-bond donors (Lipinski definition) is 1. The van der Waals surface area contributed by atoms with E-state index in [9.17, 15) is 4.79 Å². The van der Waals surface area contributed by atoms with Crippen LogP contribution in [-0.4, -0.2) is 49.2 Å². The van der Waals surface area contributed by atoms with Gasteiger partial charge in [-0.2, -0.15) is 0 Å². The molecule has 114 valence electrons. The summed E-state index contributed by atoms with van der Waals surface area (Å²) in [6.45, 7) is 12.5. The highest BCUT2D eigenvalue weighted by Gasteiger charge is 2.34. The second kappa shape index (κ2) is 9.32. The van der Waals surface area contributed by atoms with Crippen molar-refractivity contribution in [1.82, 2.24) is 10.2 Å². The minimum Gasteiger partial charge on any atom is -0.465 e. The summed E-state index contributed by atoms with van der Waals surface area (Å²) < 4.78 is 5.20. The van der Waals surface area contributed by atoms with Crippen LogP contribution >= 0.6 is 0 Å². The molecule has 0 aromatic rings. The maximum atomic E-state index is 12.1. The second-order valence-corrected chi connectivity index (χ2v) is 5.76. The van der Waals surface area contributed by atoms with E-state index in [1.54, 1.807) is 0 Å². The number of ether oxygens (including phenoxy) is 1. The SMILES string of the molecule is CCCCN(C)CCC(C)(NC(C)C)C(=O)OCC. The molecule has 4 nitrogen and oxygen atoms in total. The van der Waals surface area contributed by atoms with E-state index >= 15 is 0 Å². The van der Waals surface area contributed by atoms with Gasteiger partial charge in [-0.3, -0.25) is 10.1 Å². The first-order valence-corrected chi connectivity index (χ1v) is 7.49. The van der Waals surface area contributed by atoms with Crippen molar-refractivity contribution in [3.05, 3.63) is 0 Å². The van der Waals surface area contributed by atoms with Crippen molar-refractivity contribution in [2.75, 3.05) is 26.7 Å². The fourth-order valence-corrected chi connectivity index (χ4v) is 2.11. The quantitative estimate of drug-likeness (QED) is 0.620. The van der Waals surface area contributed by atoms with Gasteiger partial charge in [0.1, 0.15) is 5.54 Å². The Balaban J connectivity index is 4.45. The third kappa shape index (κ3) is 7.53. The van der Waals surface area contributed by atoms with Gasteiger partial charge in [0.25, 0.3) is 0 Å². The fourth-order valence-electron chi connectivity index (χ4n) is 2.11. The zero-order valence-corrected chi connectivity index (χ0v) is 13.6. The Kier molecular flexibility index (Phi) is 9.02. The van der Waals surface area contributed by atoms with E-state index in [1.807, 2.05) is 13.8 Å². The molecule has 0 aromatic heterocycles. The van der Waals surface area contributed by atoms with Crippen LogP contribution in [0.5, 0.6) is 0 Å². The van der Waals surface area contributed by atoms with E-state index in [2.05, 4.69) is 38.0 Å². The van der Waals surface area contributed by atoms with Crippen molar-refractivity contribution in [2.24, 2.45) is 0 Å². The highest BCUT2D eigenvalue weighted by Crippen LogP contribution is 2.14. The van der Waals surface area contributed by atoms with Crippen molar-refractivity contribution in [3.8, 4) is 0 Å². The molecule has 0 saturated heterocycles. The van der Waals surface area contributed by atoms with Crippen LogP contribution in [0.25, 0.3) is 0 Å². The van der Waals surface area contributed by atoms with Crippen LogP contribution in [0.3, 0.4) is 0 Å². The van der Waals surface area contributed by atoms with Crippen molar-refractivity contribution in [2.45, 2.75) is 65.5 Å². The number of nitrogens with zero attached hydrogens (tertiary/aromatic N) is 1. The largest absolute Gasteiger partial charge is 0.465 e. The molecule has 0 bridgehead atoms. The summed E-state index contributed by atoms with van der Waals surface area (Å²) in [5, 5.41) is 3.35. The first-order chi connectivity index (χ1) is 8.85. The molecule has 0 aromatic carbocycles. The summed E-state index contributed by atoms with van der Waals surface area (Å²) >= 11 is 0. The zero-order valence-electron chi connectivity index (χ0n) is 13.6. The molecule has 0 aliphatic carbocycles. The van der Waals surface area contributed by atoms with Crippen molar-refractivity contribution >= 4 is 5.97 Å². The fraction of sp³-hybridized carbons (Fsp3) is 0.933. The number of esters is 1. The van der Waals surface area contributed by atoms with Crippen LogP contribution in [0.4, 0.5) is 0 Å². The van der Waals surface area contributed by atoms with Gasteiger partial charge >= 0.3 is 5.97 Å². The lowest BCUT2D eigenvalue weighted by Gasteiger charge is -2.32. The Morgan fingerprint density at radius 2 is 1.95 bits per heavy atom. The van der Waals surface area contributed by atoms with Crippen LogP contribution in [0.15, 0.2) is 0 Å². The maximum absolute atomic E-state index is 12.1. The molecule has 1 atom stereocenters. The lowest BCUT2D eigenvalue weighted by atomic mass is 9.96. The molecule has 19 heavy (non-hydrogen) atoms. The molecular formula is C15H32N2O2. The summed E-state index contributed by atoms with van der Waals surface area (Å²) in [4.78, 5) is 14.4. The molecule has 0 spiro atoms. The molecule has 0 saturated carbocycles. The Bertz CT molecular complexity index is 257. The van der Waals surface area contributed by atoms with E-state index in [0.29, 0.717) is 6.61 Å². The Hall–Kier alpha value is -0.610. The van der Waals surface area contributed by atoms with Gasteiger partial charge in [-0.1, -0.05) is 13.3 Å². The second-order valence-electron chi connectivity index (χ2n) is 5.76. The van der Waals surface area contributed by atoms with Crippen LogP contribution in [0.1, 0.15) is 53.9 Å². The third-order valence-corrected chi connectivity index (χ3v) is 3.22. The summed E-state index contributed by atoms with van der Waals surface area (Å²) in [6.07, 6.45) is 3.16. The summed E-state index contributed by atoms with van der Waals surface area (Å²) in [7, 11) is 2.11. The van der Waals surface area contributed by atoms with Crippen molar-refractivity contribution in [3.63, 3.8) is 0 Å². The zero-order chi connectivity index (χ0) is 14.9. The molecule has 0 amide bonds. The van der Waals surface area contributed by atoms with Gasteiger partial charge in [0, 0.05) is 12.6 Å². The molecule has 0 radical (unpaired) electrons. The average molecular weight is 272 g/mol. The van der Waals surface area contributed by atoms with Gasteiger partial charge in [-0.25, -0.2) is 0 Å². The van der Waals surface area contributed by atoms with E-state index in [4.69, 9.17) is 4.74 Å². The van der Waals surface area contributed by atoms with Crippen LogP contribution in [0, 0.1) is 0 Å². The molecule has 0 aliphatic rings. The predicted molar refractivity (Wildman–Crippen MR) is 80.3 cm³/mol. The summed E-state index contributed by atoms with van der Waals surface area (Å²) in [5.41, 5.74) is -0.593. The monoisotopic (exact) mass is 272 g/mol. The summed E-state index contributed by atoms with van der Waals surface area (Å²) in [5.74, 6) is -0.146. The van der Waals surface area contributed by atoms with Crippen molar-refractivity contribution in [1.29, 1.82) is 0 Å². The lowest BCUT2D eigenvalue weighted by Crippen LogP contribution is -2.54. The van der Waals surface area contributed by atoms with Crippen LogP contribution < -0.4 is 5.32 Å². The number of rotatable bonds is 10. The number of carbonyl (C=O) groups is 1. The van der Waals surface area contributed by atoms with Gasteiger partial charge < -0.3 is 9.64 Å². The molecule has 1 unspecified atom stereocenters. The normalized spacial score (nSPS) is 14.7. The minimum atomic E-state index is -0.593. The highest BCUT2D eigenvalue weighted by atomic mass is 16.5. The molecule has 0 aliphatic heterocycles. The number of hydrogen-bond acceptors (Lipinski definition) is 4. The number of carbonyl (C=O) groups excluding carboxylic acids is 1. The number of nitrogens with one attached hydrogen (secondary N) is 1. The average Bonchev–Trinajstić information content (AvgIpc) is 2.33. The molecule has 4 heteroatoms. The predicted octanol–water partition coefficient (Wildman–Crippen LogP) is 2.43. The topological polar surface area (TPSA) is 41.6 Å². The smallest absolute Gasteiger partial charge is 0.326 e. The van der Waals surface area contributed by atoms with Crippen molar-refractivity contribution < 1.29 is 9.53 Å². The third-order valence-electron chi connectivity index (χ3n) is 3.22. The Labute approximate surface area is 118 Å². The van der Waals surface area contributed by atoms with Crippen LogP contribution in [0.2, 0.25) is 0 Å². The number of unbranched alkanes of at least 4 members (excludes halogenated alkanes) is 1. The first kappa shape index (κ1) is 18.4. The lowest BCUT2D eigenvalue weighted by molar-refractivity contribution is -0.151. The van der Waals surface area contributed by atoms with E-state index in [0.717, 1.165) is 19.5 Å². The molecule has 1 N–H and O–H groups in total. The van der Waals surface area contributed by atoms with E-state index in [1.165, 1.54) is 12.8 Å². The molecule has 0 rings (SSSR count). The maximum Gasteiger partial charge on any atom is 0.326 e. The first-order valence-electron chi connectivity index (χ1n) is 7.49. The van der Waals surface area contributed by atoms with Gasteiger partial charge in [0.15, 0.2) is 0 Å². The van der Waals surface area contributed by atoms with E-state index in [-0.39, 0.29) is 12.0 Å². The Morgan fingerprint density at radius 1 is 1.32 bits per heavy atom. The van der Waals surface area contributed by atoms with Crippen LogP contribution in [-0.2, 0) is 9.53 Å². The molecule has 0 fully saturated rings. The highest BCUT2D eigenvalue weighted by molar-refractivity contribution is 5.80. The van der Waals surface area contributed by atoms with Gasteiger partial charge in [-0.05, 0) is 54.1 Å². The van der Waals surface area contributed by atoms with Gasteiger partial charge in [-0.15, -0.1) is 0 Å². The van der Waals surface area contributed by atoms with Gasteiger partial charge in [0.2, 0.25) is 0 Å². The minimum absolute atomic E-state index is 0.146. The van der Waals surface area contributed by atoms with Gasteiger partial charge in [0.05, 0.1) is 6.61 Å².